The number of methoxy groups -OCH3 is 1. The number of rotatable bonds is 10. The second kappa shape index (κ2) is 9.82. The largest absolute Gasteiger partial charge is 0.496 e. The summed E-state index contributed by atoms with van der Waals surface area (Å²) in [4.78, 5) is 0. The van der Waals surface area contributed by atoms with E-state index >= 15 is 0 Å². The first-order valence-electron chi connectivity index (χ1n) is 7.28. The Labute approximate surface area is 117 Å². The van der Waals surface area contributed by atoms with Crippen LogP contribution in [0.1, 0.15) is 50.7 Å². The molecule has 0 bridgehead atoms. The standard InChI is InChI=1S/C16H27NO2/c1-3-4-5-6-9-12-19-16(13-17)14-10-7-8-11-15(14)18-2/h7-8,10-11,16H,3-6,9,12-13,17H2,1-2H3. The van der Waals surface area contributed by atoms with Crippen LogP contribution in [0.3, 0.4) is 0 Å². The summed E-state index contributed by atoms with van der Waals surface area (Å²) in [6.45, 7) is 3.47. The molecular formula is C16H27NO2. The zero-order valence-electron chi connectivity index (χ0n) is 12.2. The molecule has 0 heterocycles. The summed E-state index contributed by atoms with van der Waals surface area (Å²) in [5.74, 6) is 0.851. The molecule has 0 spiro atoms. The van der Waals surface area contributed by atoms with Gasteiger partial charge in [0.1, 0.15) is 5.75 Å². The molecule has 3 nitrogen and oxygen atoms in total. The highest BCUT2D eigenvalue weighted by Crippen LogP contribution is 2.26. The van der Waals surface area contributed by atoms with Gasteiger partial charge in [0.25, 0.3) is 0 Å². The van der Waals surface area contributed by atoms with E-state index in [9.17, 15) is 0 Å². The molecule has 0 aromatic heterocycles. The first-order chi connectivity index (χ1) is 9.33. The SMILES string of the molecule is CCCCCCCOC(CN)c1ccccc1OC. The Morgan fingerprint density at radius 3 is 2.53 bits per heavy atom. The molecule has 1 atom stereocenters. The van der Waals surface area contributed by atoms with Gasteiger partial charge in [-0.05, 0) is 12.5 Å². The molecule has 0 aliphatic rings. The van der Waals surface area contributed by atoms with E-state index < -0.39 is 0 Å². The normalized spacial score (nSPS) is 12.4. The minimum absolute atomic E-state index is 0.0673. The summed E-state index contributed by atoms with van der Waals surface area (Å²) in [7, 11) is 1.68. The smallest absolute Gasteiger partial charge is 0.124 e. The van der Waals surface area contributed by atoms with Gasteiger partial charge < -0.3 is 15.2 Å². The van der Waals surface area contributed by atoms with Crippen LogP contribution >= 0.6 is 0 Å². The Balaban J connectivity index is 2.40. The summed E-state index contributed by atoms with van der Waals surface area (Å²) >= 11 is 0. The second-order valence-corrected chi connectivity index (χ2v) is 4.75. The van der Waals surface area contributed by atoms with Crippen LogP contribution in [0, 0.1) is 0 Å². The number of hydrogen-bond donors (Lipinski definition) is 1. The molecule has 1 unspecified atom stereocenters. The van der Waals surface area contributed by atoms with E-state index in [-0.39, 0.29) is 6.10 Å². The van der Waals surface area contributed by atoms with Crippen molar-refractivity contribution in [3.05, 3.63) is 29.8 Å². The van der Waals surface area contributed by atoms with Gasteiger partial charge in [-0.1, -0.05) is 50.8 Å². The van der Waals surface area contributed by atoms with Crippen molar-refractivity contribution in [1.29, 1.82) is 0 Å². The molecule has 3 heteroatoms. The molecule has 0 amide bonds. The number of para-hydroxylation sites is 1. The Bertz CT molecular complexity index is 341. The van der Waals surface area contributed by atoms with Crippen molar-refractivity contribution in [2.24, 2.45) is 5.73 Å². The molecule has 1 rings (SSSR count). The summed E-state index contributed by atoms with van der Waals surface area (Å²) in [6, 6.07) is 7.92. The van der Waals surface area contributed by atoms with Crippen molar-refractivity contribution in [2.75, 3.05) is 20.3 Å². The highest BCUT2D eigenvalue weighted by molar-refractivity contribution is 5.35. The van der Waals surface area contributed by atoms with Gasteiger partial charge in [0.05, 0.1) is 13.2 Å². The fourth-order valence-electron chi connectivity index (χ4n) is 2.15. The average Bonchev–Trinajstić information content (AvgIpc) is 2.47. The number of hydrogen-bond acceptors (Lipinski definition) is 3. The molecule has 1 aromatic rings. The molecule has 2 N–H and O–H groups in total. The zero-order chi connectivity index (χ0) is 13.9. The summed E-state index contributed by atoms with van der Waals surface area (Å²) in [5, 5.41) is 0. The summed E-state index contributed by atoms with van der Waals surface area (Å²) in [5.41, 5.74) is 6.85. The number of ether oxygens (including phenoxy) is 2. The molecule has 19 heavy (non-hydrogen) atoms. The van der Waals surface area contributed by atoms with E-state index in [1.54, 1.807) is 7.11 Å². The zero-order valence-corrected chi connectivity index (χ0v) is 12.2. The van der Waals surface area contributed by atoms with Crippen LogP contribution in [0.2, 0.25) is 0 Å². The lowest BCUT2D eigenvalue weighted by Crippen LogP contribution is -2.17. The fourth-order valence-corrected chi connectivity index (χ4v) is 2.15. The van der Waals surface area contributed by atoms with Crippen molar-refractivity contribution in [2.45, 2.75) is 45.1 Å². The minimum Gasteiger partial charge on any atom is -0.496 e. The van der Waals surface area contributed by atoms with Crippen LogP contribution in [0.5, 0.6) is 5.75 Å². The maximum atomic E-state index is 5.90. The van der Waals surface area contributed by atoms with Crippen LogP contribution in [0.15, 0.2) is 24.3 Å². The van der Waals surface area contributed by atoms with Crippen LogP contribution in [-0.2, 0) is 4.74 Å². The number of nitrogens with two attached hydrogens (primary N) is 1. The van der Waals surface area contributed by atoms with Gasteiger partial charge in [-0.25, -0.2) is 0 Å². The van der Waals surface area contributed by atoms with E-state index in [1.165, 1.54) is 25.7 Å². The molecule has 0 aliphatic heterocycles. The molecule has 0 fully saturated rings. The number of unbranched alkanes of at least 4 members (excludes halogenated alkanes) is 4. The van der Waals surface area contributed by atoms with E-state index in [0.717, 1.165) is 24.3 Å². The van der Waals surface area contributed by atoms with E-state index in [0.29, 0.717) is 6.54 Å². The van der Waals surface area contributed by atoms with E-state index in [4.69, 9.17) is 15.2 Å². The summed E-state index contributed by atoms with van der Waals surface area (Å²) < 4.78 is 11.2. The van der Waals surface area contributed by atoms with Gasteiger partial charge >= 0.3 is 0 Å². The lowest BCUT2D eigenvalue weighted by atomic mass is 10.1. The molecule has 0 saturated heterocycles. The summed E-state index contributed by atoms with van der Waals surface area (Å²) in [6.07, 6.45) is 6.15. The molecule has 108 valence electrons. The lowest BCUT2D eigenvalue weighted by molar-refractivity contribution is 0.0541. The average molecular weight is 265 g/mol. The Kier molecular flexibility index (Phi) is 8.26. The van der Waals surface area contributed by atoms with Gasteiger partial charge in [-0.15, -0.1) is 0 Å². The van der Waals surface area contributed by atoms with Crippen LogP contribution in [0.25, 0.3) is 0 Å². The number of benzene rings is 1. The van der Waals surface area contributed by atoms with Crippen molar-refractivity contribution >= 4 is 0 Å². The van der Waals surface area contributed by atoms with Crippen molar-refractivity contribution in [3.8, 4) is 5.75 Å². The van der Waals surface area contributed by atoms with E-state index in [2.05, 4.69) is 6.92 Å². The van der Waals surface area contributed by atoms with Gasteiger partial charge in [0, 0.05) is 18.7 Å². The monoisotopic (exact) mass is 265 g/mol. The predicted molar refractivity (Wildman–Crippen MR) is 79.5 cm³/mol. The molecule has 0 saturated carbocycles. The maximum Gasteiger partial charge on any atom is 0.124 e. The van der Waals surface area contributed by atoms with Gasteiger partial charge in [-0.2, -0.15) is 0 Å². The predicted octanol–water partition coefficient (Wildman–Crippen LogP) is 3.68. The third kappa shape index (κ3) is 5.62. The van der Waals surface area contributed by atoms with Crippen molar-refractivity contribution in [1.82, 2.24) is 0 Å². The highest BCUT2D eigenvalue weighted by atomic mass is 16.5. The molecular weight excluding hydrogens is 238 g/mol. The van der Waals surface area contributed by atoms with Gasteiger partial charge in [0.2, 0.25) is 0 Å². The highest BCUT2D eigenvalue weighted by Gasteiger charge is 2.14. The Morgan fingerprint density at radius 1 is 1.11 bits per heavy atom. The van der Waals surface area contributed by atoms with E-state index in [1.807, 2.05) is 24.3 Å². The minimum atomic E-state index is -0.0673. The third-order valence-electron chi connectivity index (χ3n) is 3.27. The van der Waals surface area contributed by atoms with Crippen LogP contribution in [0.4, 0.5) is 0 Å². The van der Waals surface area contributed by atoms with Gasteiger partial charge in [-0.3, -0.25) is 0 Å². The molecule has 1 aromatic carbocycles. The Morgan fingerprint density at radius 2 is 1.84 bits per heavy atom. The van der Waals surface area contributed by atoms with Gasteiger partial charge in [0.15, 0.2) is 0 Å². The third-order valence-corrected chi connectivity index (χ3v) is 3.27. The van der Waals surface area contributed by atoms with Crippen LogP contribution in [-0.4, -0.2) is 20.3 Å². The first kappa shape index (κ1) is 16.0. The van der Waals surface area contributed by atoms with Crippen molar-refractivity contribution in [3.63, 3.8) is 0 Å². The van der Waals surface area contributed by atoms with Crippen molar-refractivity contribution < 1.29 is 9.47 Å². The molecule has 0 radical (unpaired) electrons. The Hall–Kier alpha value is -1.06. The van der Waals surface area contributed by atoms with Crippen LogP contribution < -0.4 is 10.5 Å². The maximum absolute atomic E-state index is 5.90. The fraction of sp³-hybridized carbons (Fsp3) is 0.625. The molecule has 0 aliphatic carbocycles. The first-order valence-corrected chi connectivity index (χ1v) is 7.28. The lowest BCUT2D eigenvalue weighted by Gasteiger charge is -2.19. The second-order valence-electron chi connectivity index (χ2n) is 4.75. The topological polar surface area (TPSA) is 44.5 Å². The quantitative estimate of drug-likeness (QED) is 0.656.